The van der Waals surface area contributed by atoms with Gasteiger partial charge in [-0.15, -0.1) is 0 Å². The van der Waals surface area contributed by atoms with Crippen molar-refractivity contribution in [1.82, 2.24) is 0 Å². The highest BCUT2D eigenvalue weighted by Gasteiger charge is 2.19. The van der Waals surface area contributed by atoms with Crippen molar-refractivity contribution in [2.45, 2.75) is 44.7 Å². The lowest BCUT2D eigenvalue weighted by atomic mass is 10.0. The smallest absolute Gasteiger partial charge is 0.0485 e. The second-order valence-electron chi connectivity index (χ2n) is 5.60. The first-order valence-electron chi connectivity index (χ1n) is 7.46. The predicted molar refractivity (Wildman–Crippen MR) is 85.7 cm³/mol. The van der Waals surface area contributed by atoms with Crippen molar-refractivity contribution >= 4 is 17.3 Å². The van der Waals surface area contributed by atoms with E-state index in [4.69, 9.17) is 22.1 Å². The SMILES string of the molecule is CCC(N)Cc1ccc(N(C)C2CCOCC2)cc1Cl. The van der Waals surface area contributed by atoms with E-state index in [0.717, 1.165) is 49.5 Å². The van der Waals surface area contributed by atoms with Crippen LogP contribution in [-0.4, -0.2) is 32.3 Å². The summed E-state index contributed by atoms with van der Waals surface area (Å²) in [6, 6.07) is 7.06. The molecule has 2 N–H and O–H groups in total. The number of nitrogens with zero attached hydrogens (tertiary/aromatic N) is 1. The van der Waals surface area contributed by atoms with Gasteiger partial charge in [0.15, 0.2) is 0 Å². The van der Waals surface area contributed by atoms with Gasteiger partial charge in [-0.25, -0.2) is 0 Å². The summed E-state index contributed by atoms with van der Waals surface area (Å²) in [6.07, 6.45) is 3.98. The van der Waals surface area contributed by atoms with Crippen molar-refractivity contribution in [3.8, 4) is 0 Å². The van der Waals surface area contributed by atoms with E-state index in [1.54, 1.807) is 0 Å². The maximum absolute atomic E-state index is 6.41. The molecular weight excluding hydrogens is 272 g/mol. The van der Waals surface area contributed by atoms with Crippen LogP contribution in [0.25, 0.3) is 0 Å². The first-order valence-corrected chi connectivity index (χ1v) is 7.84. The third kappa shape index (κ3) is 3.87. The highest BCUT2D eigenvalue weighted by Crippen LogP contribution is 2.27. The molecule has 1 fully saturated rings. The summed E-state index contributed by atoms with van der Waals surface area (Å²) in [7, 11) is 2.14. The normalized spacial score (nSPS) is 18.0. The molecule has 1 aromatic carbocycles. The molecule has 1 saturated heterocycles. The van der Waals surface area contributed by atoms with Gasteiger partial charge in [0.25, 0.3) is 0 Å². The topological polar surface area (TPSA) is 38.5 Å². The van der Waals surface area contributed by atoms with Crippen LogP contribution in [0.3, 0.4) is 0 Å². The number of anilines is 1. The zero-order valence-electron chi connectivity index (χ0n) is 12.4. The summed E-state index contributed by atoms with van der Waals surface area (Å²) in [6.45, 7) is 3.81. The van der Waals surface area contributed by atoms with Crippen molar-refractivity contribution in [3.63, 3.8) is 0 Å². The quantitative estimate of drug-likeness (QED) is 0.906. The highest BCUT2D eigenvalue weighted by atomic mass is 35.5. The summed E-state index contributed by atoms with van der Waals surface area (Å²) in [4.78, 5) is 2.32. The van der Waals surface area contributed by atoms with Gasteiger partial charge in [-0.05, 0) is 43.4 Å². The molecule has 20 heavy (non-hydrogen) atoms. The van der Waals surface area contributed by atoms with Crippen LogP contribution >= 0.6 is 11.6 Å². The fraction of sp³-hybridized carbons (Fsp3) is 0.625. The molecule has 0 aromatic heterocycles. The summed E-state index contributed by atoms with van der Waals surface area (Å²) in [5.74, 6) is 0. The van der Waals surface area contributed by atoms with Gasteiger partial charge >= 0.3 is 0 Å². The van der Waals surface area contributed by atoms with E-state index in [2.05, 4.69) is 37.1 Å². The van der Waals surface area contributed by atoms with Crippen LogP contribution in [0.4, 0.5) is 5.69 Å². The van der Waals surface area contributed by atoms with Gasteiger partial charge in [0.2, 0.25) is 0 Å². The number of rotatable bonds is 5. The standard InChI is InChI=1S/C16H25ClN2O/c1-3-13(18)10-12-4-5-15(11-16(12)17)19(2)14-6-8-20-9-7-14/h4-5,11,13-14H,3,6-10,18H2,1-2H3. The Hall–Kier alpha value is -0.770. The summed E-state index contributed by atoms with van der Waals surface area (Å²) >= 11 is 6.41. The molecule has 4 heteroatoms. The molecule has 0 spiro atoms. The third-order valence-electron chi connectivity index (χ3n) is 4.19. The Morgan fingerprint density at radius 1 is 1.40 bits per heavy atom. The van der Waals surface area contributed by atoms with Gasteiger partial charge in [0, 0.05) is 43.1 Å². The Kier molecular flexibility index (Phi) is 5.70. The largest absolute Gasteiger partial charge is 0.381 e. The minimum Gasteiger partial charge on any atom is -0.381 e. The van der Waals surface area contributed by atoms with E-state index in [1.165, 1.54) is 5.69 Å². The zero-order chi connectivity index (χ0) is 14.5. The van der Waals surface area contributed by atoms with Crippen molar-refractivity contribution < 1.29 is 4.74 Å². The van der Waals surface area contributed by atoms with Gasteiger partial charge in [0.05, 0.1) is 0 Å². The molecule has 1 atom stereocenters. The molecule has 1 unspecified atom stereocenters. The van der Waals surface area contributed by atoms with Crippen LogP contribution in [0.5, 0.6) is 0 Å². The summed E-state index contributed by atoms with van der Waals surface area (Å²) in [5.41, 5.74) is 8.33. The lowest BCUT2D eigenvalue weighted by Gasteiger charge is -2.33. The van der Waals surface area contributed by atoms with Gasteiger partial charge in [-0.2, -0.15) is 0 Å². The lowest BCUT2D eigenvalue weighted by Crippen LogP contribution is -2.36. The number of halogens is 1. The Balaban J connectivity index is 2.07. The molecule has 1 aromatic rings. The van der Waals surface area contributed by atoms with Gasteiger partial charge in [0.1, 0.15) is 0 Å². The zero-order valence-corrected chi connectivity index (χ0v) is 13.2. The lowest BCUT2D eigenvalue weighted by molar-refractivity contribution is 0.0855. The maximum atomic E-state index is 6.41. The fourth-order valence-electron chi connectivity index (χ4n) is 2.63. The molecule has 0 bridgehead atoms. The second kappa shape index (κ2) is 7.30. The summed E-state index contributed by atoms with van der Waals surface area (Å²) in [5, 5.41) is 0.824. The predicted octanol–water partition coefficient (Wildman–Crippen LogP) is 3.24. The molecule has 2 rings (SSSR count). The number of nitrogens with two attached hydrogens (primary N) is 1. The number of hydrogen-bond donors (Lipinski definition) is 1. The molecule has 3 nitrogen and oxygen atoms in total. The Labute approximate surface area is 127 Å². The molecular formula is C16H25ClN2O. The molecule has 0 amide bonds. The average Bonchev–Trinajstić information content (AvgIpc) is 2.49. The Bertz CT molecular complexity index is 432. The van der Waals surface area contributed by atoms with Crippen molar-refractivity contribution in [1.29, 1.82) is 0 Å². The van der Waals surface area contributed by atoms with Crippen LogP contribution in [0, 0.1) is 0 Å². The minimum atomic E-state index is 0.187. The van der Waals surface area contributed by atoms with Gasteiger partial charge in [-0.3, -0.25) is 0 Å². The van der Waals surface area contributed by atoms with Crippen molar-refractivity contribution in [2.75, 3.05) is 25.2 Å². The van der Waals surface area contributed by atoms with Crippen LogP contribution in [0.15, 0.2) is 18.2 Å². The van der Waals surface area contributed by atoms with E-state index in [9.17, 15) is 0 Å². The van der Waals surface area contributed by atoms with E-state index in [0.29, 0.717) is 6.04 Å². The monoisotopic (exact) mass is 296 g/mol. The number of ether oxygens (including phenoxy) is 1. The molecule has 0 aliphatic carbocycles. The Morgan fingerprint density at radius 2 is 2.10 bits per heavy atom. The van der Waals surface area contributed by atoms with E-state index in [1.807, 2.05) is 0 Å². The molecule has 0 saturated carbocycles. The van der Waals surface area contributed by atoms with Crippen LogP contribution in [0.2, 0.25) is 5.02 Å². The minimum absolute atomic E-state index is 0.187. The van der Waals surface area contributed by atoms with Crippen molar-refractivity contribution in [2.24, 2.45) is 5.73 Å². The first-order chi connectivity index (χ1) is 9.61. The van der Waals surface area contributed by atoms with Crippen LogP contribution in [0.1, 0.15) is 31.7 Å². The molecule has 1 aliphatic rings. The molecule has 0 radical (unpaired) electrons. The fourth-order valence-corrected chi connectivity index (χ4v) is 2.88. The number of hydrogen-bond acceptors (Lipinski definition) is 3. The highest BCUT2D eigenvalue weighted by molar-refractivity contribution is 6.31. The third-order valence-corrected chi connectivity index (χ3v) is 4.54. The number of benzene rings is 1. The van der Waals surface area contributed by atoms with Crippen molar-refractivity contribution in [3.05, 3.63) is 28.8 Å². The van der Waals surface area contributed by atoms with E-state index in [-0.39, 0.29) is 6.04 Å². The first kappa shape index (κ1) is 15.6. The molecule has 1 aliphatic heterocycles. The van der Waals surface area contributed by atoms with Crippen LogP contribution < -0.4 is 10.6 Å². The van der Waals surface area contributed by atoms with Gasteiger partial charge in [-0.1, -0.05) is 24.6 Å². The van der Waals surface area contributed by atoms with Crippen LogP contribution in [-0.2, 0) is 11.2 Å². The molecule has 112 valence electrons. The van der Waals surface area contributed by atoms with Gasteiger partial charge < -0.3 is 15.4 Å². The second-order valence-corrected chi connectivity index (χ2v) is 6.01. The molecule has 1 heterocycles. The summed E-state index contributed by atoms with van der Waals surface area (Å²) < 4.78 is 5.42. The average molecular weight is 297 g/mol. The maximum Gasteiger partial charge on any atom is 0.0485 e. The van der Waals surface area contributed by atoms with E-state index < -0.39 is 0 Å². The van der Waals surface area contributed by atoms with E-state index >= 15 is 0 Å². The Morgan fingerprint density at radius 3 is 2.70 bits per heavy atom.